The van der Waals surface area contributed by atoms with Gasteiger partial charge < -0.3 is 19.5 Å². The lowest BCUT2D eigenvalue weighted by Crippen LogP contribution is -2.21. The second kappa shape index (κ2) is 8.61. The molecule has 21 heavy (non-hydrogen) atoms. The predicted octanol–water partition coefficient (Wildman–Crippen LogP) is 3.37. The molecule has 0 atom stereocenters. The van der Waals surface area contributed by atoms with Crippen LogP contribution in [0.3, 0.4) is 0 Å². The molecule has 1 heterocycles. The second-order valence-corrected chi connectivity index (χ2v) is 6.09. The third kappa shape index (κ3) is 4.87. The molecule has 1 fully saturated rings. The number of benzene rings is 1. The zero-order valence-corrected chi connectivity index (χ0v) is 14.4. The topological polar surface area (TPSA) is 39.7 Å². The van der Waals surface area contributed by atoms with Crippen LogP contribution in [0.1, 0.15) is 25.3 Å². The molecule has 4 nitrogen and oxygen atoms in total. The van der Waals surface area contributed by atoms with Crippen molar-refractivity contribution < 1.29 is 14.2 Å². The third-order valence-electron chi connectivity index (χ3n) is 3.55. The van der Waals surface area contributed by atoms with E-state index in [1.165, 1.54) is 5.56 Å². The van der Waals surface area contributed by atoms with Crippen molar-refractivity contribution in [3.8, 4) is 11.5 Å². The number of hydrogen-bond donors (Lipinski definition) is 1. The van der Waals surface area contributed by atoms with Gasteiger partial charge in [0.1, 0.15) is 0 Å². The maximum atomic E-state index is 6.05. The van der Waals surface area contributed by atoms with Gasteiger partial charge >= 0.3 is 0 Å². The fraction of sp³-hybridized carbons (Fsp3) is 0.625. The van der Waals surface area contributed by atoms with E-state index < -0.39 is 0 Å². The Kier molecular flexibility index (Phi) is 6.80. The van der Waals surface area contributed by atoms with E-state index in [9.17, 15) is 0 Å². The zero-order chi connectivity index (χ0) is 15.1. The quantitative estimate of drug-likeness (QED) is 0.811. The molecule has 0 bridgehead atoms. The summed E-state index contributed by atoms with van der Waals surface area (Å²) in [4.78, 5) is 0. The Morgan fingerprint density at radius 3 is 2.71 bits per heavy atom. The molecule has 1 N–H and O–H groups in total. The van der Waals surface area contributed by atoms with Gasteiger partial charge in [-0.3, -0.25) is 0 Å². The Balaban J connectivity index is 2.08. The minimum absolute atomic E-state index is 0.567. The molecule has 0 unspecified atom stereocenters. The Labute approximate surface area is 135 Å². The first-order chi connectivity index (χ1) is 10.2. The van der Waals surface area contributed by atoms with Gasteiger partial charge in [0.15, 0.2) is 11.5 Å². The van der Waals surface area contributed by atoms with Gasteiger partial charge in [0, 0.05) is 19.8 Å². The van der Waals surface area contributed by atoms with E-state index in [1.54, 1.807) is 0 Å². The summed E-state index contributed by atoms with van der Waals surface area (Å²) in [7, 11) is 1.93. The van der Waals surface area contributed by atoms with Crippen molar-refractivity contribution in [1.82, 2.24) is 5.32 Å². The first-order valence-corrected chi connectivity index (χ1v) is 8.34. The lowest BCUT2D eigenvalue weighted by atomic mass is 10.0. The molecule has 0 amide bonds. The molecule has 0 spiro atoms. The van der Waals surface area contributed by atoms with E-state index in [-0.39, 0.29) is 0 Å². The van der Waals surface area contributed by atoms with Crippen molar-refractivity contribution in [3.63, 3.8) is 0 Å². The van der Waals surface area contributed by atoms with Crippen LogP contribution in [0.4, 0.5) is 0 Å². The maximum Gasteiger partial charge on any atom is 0.175 e. The van der Waals surface area contributed by atoms with Crippen molar-refractivity contribution in [1.29, 1.82) is 0 Å². The fourth-order valence-electron chi connectivity index (χ4n) is 2.44. The number of ether oxygens (including phenoxy) is 3. The van der Waals surface area contributed by atoms with Crippen LogP contribution in [0.25, 0.3) is 0 Å². The zero-order valence-electron chi connectivity index (χ0n) is 12.8. The minimum Gasteiger partial charge on any atom is -0.490 e. The van der Waals surface area contributed by atoms with Gasteiger partial charge in [-0.2, -0.15) is 0 Å². The SMILES string of the molecule is CCOc1cc(CNC)cc(Br)c1OCC1CCOCC1. The monoisotopic (exact) mass is 357 g/mol. The van der Waals surface area contributed by atoms with Crippen molar-refractivity contribution >= 4 is 15.9 Å². The van der Waals surface area contributed by atoms with E-state index in [4.69, 9.17) is 14.2 Å². The molecule has 5 heteroatoms. The Hall–Kier alpha value is -0.780. The normalized spacial score (nSPS) is 16.0. The summed E-state index contributed by atoms with van der Waals surface area (Å²) in [5, 5.41) is 3.15. The Bertz CT molecular complexity index is 447. The molecule has 0 aromatic heterocycles. The van der Waals surface area contributed by atoms with Gasteiger partial charge in [0.2, 0.25) is 0 Å². The highest BCUT2D eigenvalue weighted by molar-refractivity contribution is 9.10. The van der Waals surface area contributed by atoms with Gasteiger partial charge in [-0.1, -0.05) is 0 Å². The molecule has 0 radical (unpaired) electrons. The van der Waals surface area contributed by atoms with Gasteiger partial charge in [0.05, 0.1) is 17.7 Å². The molecule has 1 aromatic carbocycles. The molecule has 1 aliphatic rings. The van der Waals surface area contributed by atoms with Crippen molar-refractivity contribution in [2.24, 2.45) is 5.92 Å². The molecule has 0 aliphatic carbocycles. The summed E-state index contributed by atoms with van der Waals surface area (Å²) >= 11 is 3.61. The predicted molar refractivity (Wildman–Crippen MR) is 87.1 cm³/mol. The van der Waals surface area contributed by atoms with Crippen molar-refractivity contribution in [2.75, 3.05) is 33.5 Å². The third-order valence-corrected chi connectivity index (χ3v) is 4.14. The average molecular weight is 358 g/mol. The minimum atomic E-state index is 0.567. The average Bonchev–Trinajstić information content (AvgIpc) is 2.48. The lowest BCUT2D eigenvalue weighted by molar-refractivity contribution is 0.0491. The summed E-state index contributed by atoms with van der Waals surface area (Å²) in [5.41, 5.74) is 1.17. The van der Waals surface area contributed by atoms with E-state index >= 15 is 0 Å². The van der Waals surface area contributed by atoms with Crippen LogP contribution in [0.15, 0.2) is 16.6 Å². The van der Waals surface area contributed by atoms with Crippen LogP contribution >= 0.6 is 15.9 Å². The van der Waals surface area contributed by atoms with E-state index in [2.05, 4.69) is 27.3 Å². The molecule has 118 valence electrons. The van der Waals surface area contributed by atoms with Gasteiger partial charge in [-0.15, -0.1) is 0 Å². The highest BCUT2D eigenvalue weighted by Gasteiger charge is 2.17. The van der Waals surface area contributed by atoms with Crippen LogP contribution in [0.5, 0.6) is 11.5 Å². The molecule has 2 rings (SSSR count). The van der Waals surface area contributed by atoms with Crippen LogP contribution in [0, 0.1) is 5.92 Å². The van der Waals surface area contributed by atoms with Crippen LogP contribution in [0.2, 0.25) is 0 Å². The second-order valence-electron chi connectivity index (χ2n) is 5.23. The van der Waals surface area contributed by atoms with Crippen molar-refractivity contribution in [2.45, 2.75) is 26.3 Å². The van der Waals surface area contributed by atoms with E-state index in [0.717, 1.165) is 48.6 Å². The fourth-order valence-corrected chi connectivity index (χ4v) is 3.05. The summed E-state index contributed by atoms with van der Waals surface area (Å²) < 4.78 is 18.1. The molecule has 1 saturated heterocycles. The molecular weight excluding hydrogens is 334 g/mol. The van der Waals surface area contributed by atoms with Crippen LogP contribution < -0.4 is 14.8 Å². The molecule has 0 saturated carbocycles. The first-order valence-electron chi connectivity index (χ1n) is 7.55. The largest absolute Gasteiger partial charge is 0.490 e. The lowest BCUT2D eigenvalue weighted by Gasteiger charge is -2.23. The Morgan fingerprint density at radius 2 is 2.05 bits per heavy atom. The molecular formula is C16H24BrNO3. The van der Waals surface area contributed by atoms with Gasteiger partial charge in [-0.25, -0.2) is 0 Å². The van der Waals surface area contributed by atoms with Gasteiger partial charge in [-0.05, 0) is 66.4 Å². The highest BCUT2D eigenvalue weighted by atomic mass is 79.9. The summed E-state index contributed by atoms with van der Waals surface area (Å²) in [6.07, 6.45) is 2.14. The number of halogens is 1. The molecule has 1 aliphatic heterocycles. The number of rotatable bonds is 7. The van der Waals surface area contributed by atoms with E-state index in [0.29, 0.717) is 19.1 Å². The summed E-state index contributed by atoms with van der Waals surface area (Å²) in [6.45, 7) is 5.82. The van der Waals surface area contributed by atoms with Crippen molar-refractivity contribution in [3.05, 3.63) is 22.2 Å². The maximum absolute atomic E-state index is 6.05. The smallest absolute Gasteiger partial charge is 0.175 e. The first kappa shape index (κ1) is 16.6. The number of hydrogen-bond acceptors (Lipinski definition) is 4. The highest BCUT2D eigenvalue weighted by Crippen LogP contribution is 2.37. The number of nitrogens with one attached hydrogen (secondary N) is 1. The molecule has 1 aromatic rings. The van der Waals surface area contributed by atoms with Crippen LogP contribution in [-0.4, -0.2) is 33.5 Å². The van der Waals surface area contributed by atoms with E-state index in [1.807, 2.05) is 20.0 Å². The summed E-state index contributed by atoms with van der Waals surface area (Å²) in [5.74, 6) is 2.18. The standard InChI is InChI=1S/C16H24BrNO3/c1-3-20-15-9-13(10-18-2)8-14(17)16(15)21-11-12-4-6-19-7-5-12/h8-9,12,18H,3-7,10-11H2,1-2H3. The van der Waals surface area contributed by atoms with Gasteiger partial charge in [0.25, 0.3) is 0 Å². The Morgan fingerprint density at radius 1 is 1.29 bits per heavy atom. The summed E-state index contributed by atoms with van der Waals surface area (Å²) in [6, 6.07) is 4.13. The van der Waals surface area contributed by atoms with Crippen LogP contribution in [-0.2, 0) is 11.3 Å².